The zero-order valence-corrected chi connectivity index (χ0v) is 18.7. The molecule has 1 aliphatic rings. The van der Waals surface area contributed by atoms with E-state index in [1.807, 2.05) is 43.3 Å². The second-order valence-corrected chi connectivity index (χ2v) is 8.04. The number of rotatable bonds is 5. The summed E-state index contributed by atoms with van der Waals surface area (Å²) in [4.78, 5) is 19.7. The molecule has 0 aromatic heterocycles. The second kappa shape index (κ2) is 9.03. The van der Waals surface area contributed by atoms with Crippen LogP contribution in [0.3, 0.4) is 0 Å². The zero-order valence-electron chi connectivity index (χ0n) is 15.5. The molecule has 0 N–H and O–H groups in total. The quantitative estimate of drug-likeness (QED) is 0.511. The summed E-state index contributed by atoms with van der Waals surface area (Å²) in [6.45, 7) is 2.44. The van der Waals surface area contributed by atoms with Crippen molar-refractivity contribution < 1.29 is 14.3 Å². The molecule has 3 rings (SSSR count). The van der Waals surface area contributed by atoms with Crippen molar-refractivity contribution in [2.45, 2.75) is 6.92 Å². The van der Waals surface area contributed by atoms with Gasteiger partial charge in [0.2, 0.25) is 0 Å². The lowest BCUT2D eigenvalue weighted by Gasteiger charge is -2.12. The molecule has 2 aromatic rings. The fraction of sp³-hybridized carbons (Fsp3) is 0.200. The van der Waals surface area contributed by atoms with Gasteiger partial charge >= 0.3 is 0 Å². The summed E-state index contributed by atoms with van der Waals surface area (Å²) < 4.78 is 11.4. The summed E-state index contributed by atoms with van der Waals surface area (Å²) in [5, 5.41) is 1.19. The van der Waals surface area contributed by atoms with Gasteiger partial charge in [0.25, 0.3) is 5.91 Å². The number of carbonyl (C=O) groups is 1. The van der Waals surface area contributed by atoms with Crippen LogP contribution in [0.25, 0.3) is 6.08 Å². The van der Waals surface area contributed by atoms with Crippen molar-refractivity contribution in [2.75, 3.05) is 20.8 Å². The van der Waals surface area contributed by atoms with Gasteiger partial charge in [0, 0.05) is 11.0 Å². The normalized spacial score (nSPS) is 16.9. The smallest absolute Gasteiger partial charge is 0.266 e. The summed E-state index contributed by atoms with van der Waals surface area (Å²) in [5.74, 6) is 1.17. The van der Waals surface area contributed by atoms with Gasteiger partial charge < -0.3 is 9.47 Å². The highest BCUT2D eigenvalue weighted by atomic mass is 79.9. The number of amidine groups is 1. The Morgan fingerprint density at radius 2 is 1.93 bits per heavy atom. The predicted molar refractivity (Wildman–Crippen MR) is 119 cm³/mol. The molecule has 0 aliphatic carbocycles. The molecule has 0 saturated carbocycles. The maximum atomic E-state index is 12.8. The Bertz CT molecular complexity index is 978. The average Bonchev–Trinajstić information content (AvgIpc) is 2.98. The Morgan fingerprint density at radius 3 is 2.57 bits per heavy atom. The van der Waals surface area contributed by atoms with Gasteiger partial charge in [0.1, 0.15) is 0 Å². The first-order chi connectivity index (χ1) is 13.5. The topological polar surface area (TPSA) is 51.1 Å². The number of thioether (sulfide) groups is 1. The van der Waals surface area contributed by atoms with E-state index in [9.17, 15) is 4.79 Å². The first kappa shape index (κ1) is 20.8. The van der Waals surface area contributed by atoms with Crippen LogP contribution in [0.4, 0.5) is 5.69 Å². The van der Waals surface area contributed by atoms with Gasteiger partial charge in [-0.3, -0.25) is 9.69 Å². The summed E-state index contributed by atoms with van der Waals surface area (Å²) >= 11 is 10.9. The summed E-state index contributed by atoms with van der Waals surface area (Å²) in [6.07, 6.45) is 1.83. The third kappa shape index (κ3) is 4.37. The first-order valence-electron chi connectivity index (χ1n) is 8.44. The minimum absolute atomic E-state index is 0.0794. The number of ether oxygens (including phenoxy) is 2. The van der Waals surface area contributed by atoms with E-state index in [-0.39, 0.29) is 5.91 Å². The summed E-state index contributed by atoms with van der Waals surface area (Å²) in [5.41, 5.74) is 1.53. The molecular formula is C20H18BrClN2O3S. The monoisotopic (exact) mass is 480 g/mol. The largest absolute Gasteiger partial charge is 0.493 e. The van der Waals surface area contributed by atoms with Gasteiger partial charge in [-0.2, -0.15) is 0 Å². The molecule has 1 saturated heterocycles. The highest BCUT2D eigenvalue weighted by Gasteiger charge is 2.32. The number of likely N-dealkylation sites (N-methyl/N-ethyl adjacent to an activating group) is 1. The summed E-state index contributed by atoms with van der Waals surface area (Å²) in [7, 11) is 3.17. The highest BCUT2D eigenvalue weighted by molar-refractivity contribution is 9.10. The maximum absolute atomic E-state index is 12.8. The maximum Gasteiger partial charge on any atom is 0.266 e. The minimum Gasteiger partial charge on any atom is -0.493 e. The Kier molecular flexibility index (Phi) is 6.69. The van der Waals surface area contributed by atoms with E-state index in [0.717, 1.165) is 10.0 Å². The van der Waals surface area contributed by atoms with Crippen LogP contribution in [-0.2, 0) is 4.79 Å². The van der Waals surface area contributed by atoms with E-state index in [1.54, 1.807) is 25.2 Å². The third-order valence-corrected chi connectivity index (χ3v) is 6.28. The Hall–Kier alpha value is -1.96. The molecule has 5 nitrogen and oxygen atoms in total. The van der Waals surface area contributed by atoms with Gasteiger partial charge in [-0.25, -0.2) is 4.99 Å². The minimum atomic E-state index is -0.0794. The van der Waals surface area contributed by atoms with Crippen LogP contribution in [0.2, 0.25) is 5.02 Å². The van der Waals surface area contributed by atoms with Gasteiger partial charge in [-0.1, -0.05) is 17.7 Å². The lowest BCUT2D eigenvalue weighted by Crippen LogP contribution is -2.28. The SMILES string of the molecule is CCN1C(=O)/C(=C/c2ccc(OC)c(OC)c2)SC1=Nc1ccc(Br)c(Cl)c1. The molecule has 1 aliphatic heterocycles. The van der Waals surface area contributed by atoms with Crippen molar-refractivity contribution >= 4 is 62.1 Å². The molecule has 0 unspecified atom stereocenters. The van der Waals surface area contributed by atoms with E-state index in [2.05, 4.69) is 20.9 Å². The molecule has 146 valence electrons. The Balaban J connectivity index is 1.94. The van der Waals surface area contributed by atoms with Gasteiger partial charge in [-0.05, 0) is 76.6 Å². The van der Waals surface area contributed by atoms with E-state index in [0.29, 0.717) is 38.8 Å². The lowest BCUT2D eigenvalue weighted by atomic mass is 10.2. The highest BCUT2D eigenvalue weighted by Crippen LogP contribution is 2.36. The standard InChI is InChI=1S/C20H18BrClN2O3S/c1-4-24-19(25)18(10-12-5-8-16(26-2)17(9-12)27-3)28-20(24)23-13-6-7-14(21)15(22)11-13/h5-11H,4H2,1-3H3/b18-10-,23-20?. The van der Waals surface area contributed by atoms with Crippen LogP contribution < -0.4 is 9.47 Å². The molecule has 28 heavy (non-hydrogen) atoms. The fourth-order valence-electron chi connectivity index (χ4n) is 2.63. The number of nitrogens with zero attached hydrogens (tertiary/aromatic N) is 2. The van der Waals surface area contributed by atoms with Crippen molar-refractivity contribution in [1.29, 1.82) is 0 Å². The molecule has 1 fully saturated rings. The zero-order chi connectivity index (χ0) is 20.3. The number of amides is 1. The molecule has 1 heterocycles. The number of hydrogen-bond donors (Lipinski definition) is 0. The van der Waals surface area contributed by atoms with E-state index >= 15 is 0 Å². The van der Waals surface area contributed by atoms with Crippen LogP contribution in [0.15, 0.2) is 50.8 Å². The second-order valence-electron chi connectivity index (χ2n) is 5.77. The van der Waals surface area contributed by atoms with Crippen LogP contribution in [0, 0.1) is 0 Å². The van der Waals surface area contributed by atoms with Gasteiger partial charge in [0.05, 0.1) is 29.8 Å². The van der Waals surface area contributed by atoms with Crippen molar-refractivity contribution in [3.63, 3.8) is 0 Å². The molecule has 0 bridgehead atoms. The Labute approximate surface area is 181 Å². The number of aliphatic imine (C=N–C) groups is 1. The van der Waals surface area contributed by atoms with Crippen LogP contribution >= 0.6 is 39.3 Å². The molecule has 0 spiro atoms. The van der Waals surface area contributed by atoms with E-state index in [4.69, 9.17) is 21.1 Å². The molecule has 2 aromatic carbocycles. The van der Waals surface area contributed by atoms with Crippen LogP contribution in [-0.4, -0.2) is 36.7 Å². The predicted octanol–water partition coefficient (Wildman–Crippen LogP) is 5.74. The molecule has 0 radical (unpaired) electrons. The molecule has 0 atom stereocenters. The number of carbonyl (C=O) groups excluding carboxylic acids is 1. The van der Waals surface area contributed by atoms with Crippen LogP contribution in [0.5, 0.6) is 11.5 Å². The fourth-order valence-corrected chi connectivity index (χ4v) is 4.11. The third-order valence-electron chi connectivity index (χ3n) is 4.04. The van der Waals surface area contributed by atoms with E-state index in [1.165, 1.54) is 11.8 Å². The van der Waals surface area contributed by atoms with Crippen molar-refractivity contribution in [1.82, 2.24) is 4.90 Å². The lowest BCUT2D eigenvalue weighted by molar-refractivity contribution is -0.122. The summed E-state index contributed by atoms with van der Waals surface area (Å²) in [6, 6.07) is 11.0. The van der Waals surface area contributed by atoms with Crippen LogP contribution in [0.1, 0.15) is 12.5 Å². The van der Waals surface area contributed by atoms with Gasteiger partial charge in [0.15, 0.2) is 16.7 Å². The number of methoxy groups -OCH3 is 2. The number of benzene rings is 2. The number of halogens is 2. The Morgan fingerprint density at radius 1 is 1.18 bits per heavy atom. The van der Waals surface area contributed by atoms with Crippen molar-refractivity contribution in [2.24, 2.45) is 4.99 Å². The average molecular weight is 482 g/mol. The first-order valence-corrected chi connectivity index (χ1v) is 10.4. The van der Waals surface area contributed by atoms with Gasteiger partial charge in [-0.15, -0.1) is 0 Å². The molecular weight excluding hydrogens is 464 g/mol. The van der Waals surface area contributed by atoms with Crippen molar-refractivity contribution in [3.8, 4) is 11.5 Å². The molecule has 1 amide bonds. The number of hydrogen-bond acceptors (Lipinski definition) is 5. The van der Waals surface area contributed by atoms with Crippen molar-refractivity contribution in [3.05, 3.63) is 56.4 Å². The van der Waals surface area contributed by atoms with E-state index < -0.39 is 0 Å². The molecule has 8 heteroatoms.